The summed E-state index contributed by atoms with van der Waals surface area (Å²) in [5, 5.41) is 0. The Balaban J connectivity index is 1.43. The van der Waals surface area contributed by atoms with Gasteiger partial charge in [-0.2, -0.15) is 26.3 Å². The van der Waals surface area contributed by atoms with Crippen LogP contribution in [-0.2, 0) is 11.3 Å². The summed E-state index contributed by atoms with van der Waals surface area (Å²) in [6.07, 6.45) is -9.52. The van der Waals surface area contributed by atoms with Gasteiger partial charge in [0.1, 0.15) is 0 Å². The van der Waals surface area contributed by atoms with Crippen LogP contribution in [0.25, 0.3) is 0 Å². The molecule has 0 aliphatic carbocycles. The smallest absolute Gasteiger partial charge is 0.426 e. The van der Waals surface area contributed by atoms with E-state index in [1.165, 1.54) is 29.7 Å². The third-order valence-corrected chi connectivity index (χ3v) is 8.06. The Labute approximate surface area is 213 Å². The van der Waals surface area contributed by atoms with Gasteiger partial charge in [-0.3, -0.25) is 4.90 Å². The van der Waals surface area contributed by atoms with Crippen LogP contribution in [0, 0.1) is 6.92 Å². The van der Waals surface area contributed by atoms with E-state index in [0.717, 1.165) is 56.8 Å². The molecule has 0 unspecified atom stereocenters. The minimum absolute atomic E-state index is 0.0602. The Bertz CT molecular complexity index is 921. The van der Waals surface area contributed by atoms with E-state index in [2.05, 4.69) is 39.7 Å². The van der Waals surface area contributed by atoms with E-state index in [1.54, 1.807) is 0 Å². The molecule has 1 aromatic rings. The van der Waals surface area contributed by atoms with Crippen molar-refractivity contribution in [1.29, 1.82) is 0 Å². The van der Waals surface area contributed by atoms with Gasteiger partial charge in [0.25, 0.3) is 6.10 Å². The van der Waals surface area contributed by atoms with Gasteiger partial charge in [-0.25, -0.2) is 4.79 Å². The lowest BCUT2D eigenvalue weighted by Crippen LogP contribution is -2.54. The maximum atomic E-state index is 12.8. The standard InChI is InChI=1S/C26H35F6N3O2/c1-19-7-8-20(21(17-19)33-12-4-2-3-5-13-33)18-35-14-6-9-24(35)10-15-34(16-11-24)23(36)37-22(25(27,28)29)26(30,31)32/h7-8,17,22H,2-6,9-16,18H2,1H3. The van der Waals surface area contributed by atoms with Gasteiger partial charge in [0, 0.05) is 44.0 Å². The lowest BCUT2D eigenvalue weighted by atomic mass is 9.84. The maximum absolute atomic E-state index is 12.8. The minimum atomic E-state index is -5.72. The zero-order valence-corrected chi connectivity index (χ0v) is 21.1. The molecule has 1 spiro atoms. The molecule has 0 radical (unpaired) electrons. The number of carbonyl (C=O) groups excluding carboxylic acids is 1. The van der Waals surface area contributed by atoms with Crippen molar-refractivity contribution >= 4 is 11.8 Å². The van der Waals surface area contributed by atoms with Gasteiger partial charge in [0.2, 0.25) is 0 Å². The van der Waals surface area contributed by atoms with Gasteiger partial charge in [0.15, 0.2) is 0 Å². The average Bonchev–Trinajstić information content (AvgIpc) is 3.02. The SMILES string of the molecule is Cc1ccc(CN2CCCC23CCN(C(=O)OC(C(F)(F)F)C(F)(F)F)CC3)c(N2CCCCCC2)c1. The number of anilines is 1. The van der Waals surface area contributed by atoms with Gasteiger partial charge >= 0.3 is 18.4 Å². The monoisotopic (exact) mass is 535 g/mol. The van der Waals surface area contributed by atoms with E-state index in [0.29, 0.717) is 12.8 Å². The fraction of sp³-hybridized carbons (Fsp3) is 0.731. The molecule has 5 nitrogen and oxygen atoms in total. The Morgan fingerprint density at radius 3 is 2.11 bits per heavy atom. The number of benzene rings is 1. The molecule has 0 bridgehead atoms. The molecule has 0 saturated carbocycles. The second kappa shape index (κ2) is 10.9. The van der Waals surface area contributed by atoms with Crippen LogP contribution in [0.3, 0.4) is 0 Å². The number of alkyl halides is 6. The second-order valence-electron chi connectivity index (χ2n) is 10.6. The Morgan fingerprint density at radius 2 is 1.51 bits per heavy atom. The highest BCUT2D eigenvalue weighted by molar-refractivity contribution is 5.68. The summed E-state index contributed by atoms with van der Waals surface area (Å²) in [5.41, 5.74) is 3.44. The van der Waals surface area contributed by atoms with Crippen molar-refractivity contribution < 1.29 is 35.9 Å². The fourth-order valence-electron chi connectivity index (χ4n) is 6.03. The lowest BCUT2D eigenvalue weighted by molar-refractivity contribution is -0.308. The molecule has 3 aliphatic heterocycles. The topological polar surface area (TPSA) is 36.0 Å². The van der Waals surface area contributed by atoms with Crippen molar-refractivity contribution in [1.82, 2.24) is 9.80 Å². The number of carbonyl (C=O) groups is 1. The molecule has 11 heteroatoms. The van der Waals surface area contributed by atoms with Crippen molar-refractivity contribution in [3.05, 3.63) is 29.3 Å². The molecule has 0 aromatic heterocycles. The van der Waals surface area contributed by atoms with Crippen molar-refractivity contribution in [2.24, 2.45) is 0 Å². The summed E-state index contributed by atoms with van der Waals surface area (Å²) in [7, 11) is 0. The van der Waals surface area contributed by atoms with E-state index < -0.39 is 24.5 Å². The van der Waals surface area contributed by atoms with Gasteiger partial charge in [-0.05, 0) is 69.2 Å². The molecular formula is C26H35F6N3O2. The first-order chi connectivity index (χ1) is 17.4. The number of aryl methyl sites for hydroxylation is 1. The second-order valence-corrected chi connectivity index (χ2v) is 10.6. The van der Waals surface area contributed by atoms with E-state index in [1.807, 2.05) is 0 Å². The summed E-state index contributed by atoms with van der Waals surface area (Å²) in [5.74, 6) is 0. The number of hydrogen-bond acceptors (Lipinski definition) is 4. The molecule has 0 N–H and O–H groups in total. The molecule has 3 saturated heterocycles. The molecule has 0 atom stereocenters. The highest BCUT2D eigenvalue weighted by Gasteiger charge is 2.60. The first kappa shape index (κ1) is 27.9. The molecule has 3 heterocycles. The Morgan fingerprint density at radius 1 is 0.892 bits per heavy atom. The molecule has 1 aromatic carbocycles. The largest absolute Gasteiger partial charge is 0.434 e. The van der Waals surface area contributed by atoms with E-state index in [-0.39, 0.29) is 18.6 Å². The van der Waals surface area contributed by atoms with Crippen molar-refractivity contribution in [2.45, 2.75) is 88.8 Å². The number of likely N-dealkylation sites (tertiary alicyclic amines) is 2. The first-order valence-electron chi connectivity index (χ1n) is 13.1. The number of nitrogens with zero attached hydrogens (tertiary/aromatic N) is 3. The minimum Gasteiger partial charge on any atom is -0.426 e. The van der Waals surface area contributed by atoms with Crippen LogP contribution in [0.5, 0.6) is 0 Å². The summed E-state index contributed by atoms with van der Waals surface area (Å²) in [6.45, 7) is 5.84. The number of piperidine rings is 1. The van der Waals surface area contributed by atoms with Crippen LogP contribution in [0.2, 0.25) is 0 Å². The van der Waals surface area contributed by atoms with Crippen LogP contribution in [-0.4, -0.2) is 72.6 Å². The van der Waals surface area contributed by atoms with Crippen molar-refractivity contribution in [3.8, 4) is 0 Å². The van der Waals surface area contributed by atoms with Crippen LogP contribution < -0.4 is 4.90 Å². The number of halogens is 6. The number of ether oxygens (including phenoxy) is 1. The van der Waals surface area contributed by atoms with Crippen LogP contribution in [0.4, 0.5) is 36.8 Å². The zero-order chi connectivity index (χ0) is 26.8. The number of hydrogen-bond donors (Lipinski definition) is 0. The van der Waals surface area contributed by atoms with Crippen molar-refractivity contribution in [3.63, 3.8) is 0 Å². The number of amides is 1. The van der Waals surface area contributed by atoms with Gasteiger partial charge in [0.05, 0.1) is 0 Å². The highest BCUT2D eigenvalue weighted by atomic mass is 19.4. The molecule has 37 heavy (non-hydrogen) atoms. The predicted octanol–water partition coefficient (Wildman–Crippen LogP) is 6.44. The third-order valence-electron chi connectivity index (χ3n) is 8.06. The lowest BCUT2D eigenvalue weighted by Gasteiger charge is -2.45. The zero-order valence-electron chi connectivity index (χ0n) is 21.1. The van der Waals surface area contributed by atoms with Gasteiger partial charge < -0.3 is 14.5 Å². The van der Waals surface area contributed by atoms with Crippen molar-refractivity contribution in [2.75, 3.05) is 37.6 Å². The molecule has 4 rings (SSSR count). The van der Waals surface area contributed by atoms with Crippen LogP contribution >= 0.6 is 0 Å². The maximum Gasteiger partial charge on any atom is 0.434 e. The van der Waals surface area contributed by atoms with Crippen LogP contribution in [0.1, 0.15) is 62.5 Å². The molecule has 208 valence electrons. The quantitative estimate of drug-likeness (QED) is 0.416. The summed E-state index contributed by atoms with van der Waals surface area (Å²) in [4.78, 5) is 18.1. The Hall–Kier alpha value is -2.17. The fourth-order valence-corrected chi connectivity index (χ4v) is 6.03. The summed E-state index contributed by atoms with van der Waals surface area (Å²) < 4.78 is 80.9. The van der Waals surface area contributed by atoms with E-state index in [9.17, 15) is 31.1 Å². The van der Waals surface area contributed by atoms with Gasteiger partial charge in [-0.15, -0.1) is 0 Å². The predicted molar refractivity (Wildman–Crippen MR) is 127 cm³/mol. The third kappa shape index (κ3) is 6.46. The summed E-state index contributed by atoms with van der Waals surface area (Å²) in [6, 6.07) is 6.51. The average molecular weight is 536 g/mol. The molecule has 1 amide bonds. The van der Waals surface area contributed by atoms with Crippen LogP contribution in [0.15, 0.2) is 18.2 Å². The molecule has 3 fully saturated rings. The number of rotatable bonds is 4. The Kier molecular flexibility index (Phi) is 8.21. The molecule has 3 aliphatic rings. The van der Waals surface area contributed by atoms with Gasteiger partial charge in [-0.1, -0.05) is 25.0 Å². The van der Waals surface area contributed by atoms with E-state index in [4.69, 9.17) is 0 Å². The highest BCUT2D eigenvalue weighted by Crippen LogP contribution is 2.41. The molecular weight excluding hydrogens is 500 g/mol. The summed E-state index contributed by atoms with van der Waals surface area (Å²) >= 11 is 0. The van der Waals surface area contributed by atoms with E-state index >= 15 is 0 Å². The normalized spacial score (nSPS) is 21.5. The first-order valence-corrected chi connectivity index (χ1v) is 13.1.